The van der Waals surface area contributed by atoms with Crippen LogP contribution in [0.1, 0.15) is 17.4 Å². The molecule has 0 atom stereocenters. The molecule has 0 bridgehead atoms. The molecule has 0 saturated heterocycles. The largest absolute Gasteiger partial charge is 0.388 e. The maximum Gasteiger partial charge on any atom is 0.242 e. The van der Waals surface area contributed by atoms with Crippen LogP contribution in [-0.2, 0) is 16.4 Å². The van der Waals surface area contributed by atoms with Gasteiger partial charge in [0.2, 0.25) is 15.9 Å². The number of nitrogens with zero attached hydrogens (tertiary/aromatic N) is 3. The van der Waals surface area contributed by atoms with Gasteiger partial charge in [0.15, 0.2) is 5.82 Å². The Morgan fingerprint density at radius 2 is 2.29 bits per heavy atom. The number of aryl methyl sites for hydroxylation is 1. The van der Waals surface area contributed by atoms with Crippen LogP contribution in [0.15, 0.2) is 27.7 Å². The van der Waals surface area contributed by atoms with E-state index in [4.69, 9.17) is 22.5 Å². The minimum absolute atomic E-state index is 0.0539. The molecule has 0 aromatic carbocycles. The third-order valence-electron chi connectivity index (χ3n) is 2.50. The van der Waals surface area contributed by atoms with Crippen LogP contribution in [-0.4, -0.2) is 35.1 Å². The van der Waals surface area contributed by atoms with Crippen LogP contribution >= 0.6 is 12.2 Å². The Labute approximate surface area is 126 Å². The molecule has 0 saturated carbocycles. The number of aromatic nitrogens is 3. The Morgan fingerprint density at radius 1 is 1.52 bits per heavy atom. The summed E-state index contributed by atoms with van der Waals surface area (Å²) in [7, 11) is -3.77. The first-order valence-corrected chi connectivity index (χ1v) is 7.83. The fourth-order valence-electron chi connectivity index (χ4n) is 1.61. The zero-order valence-electron chi connectivity index (χ0n) is 11.1. The summed E-state index contributed by atoms with van der Waals surface area (Å²) in [5.41, 5.74) is 5.54. The van der Waals surface area contributed by atoms with E-state index in [9.17, 15) is 8.42 Å². The average molecular weight is 327 g/mol. The second-order valence-corrected chi connectivity index (χ2v) is 6.27. The van der Waals surface area contributed by atoms with Gasteiger partial charge in [-0.05, 0) is 12.1 Å². The highest BCUT2D eigenvalue weighted by Crippen LogP contribution is 2.12. The molecule has 0 radical (unpaired) electrons. The number of thiocarbonyl (C=S) groups is 1. The molecule has 2 aromatic rings. The first-order valence-electron chi connectivity index (χ1n) is 5.94. The fraction of sp³-hybridized carbons (Fsp3) is 0.273. The Balaban J connectivity index is 2.10. The van der Waals surface area contributed by atoms with Gasteiger partial charge in [-0.3, -0.25) is 4.98 Å². The van der Waals surface area contributed by atoms with E-state index in [1.165, 1.54) is 18.3 Å². The van der Waals surface area contributed by atoms with Crippen LogP contribution in [0.3, 0.4) is 0 Å². The van der Waals surface area contributed by atoms with Crippen molar-refractivity contribution in [3.8, 4) is 0 Å². The van der Waals surface area contributed by atoms with Gasteiger partial charge in [0.25, 0.3) is 0 Å². The van der Waals surface area contributed by atoms with Gasteiger partial charge in [-0.15, -0.1) is 0 Å². The zero-order valence-corrected chi connectivity index (χ0v) is 12.7. The van der Waals surface area contributed by atoms with Gasteiger partial charge >= 0.3 is 0 Å². The number of hydrogen-bond donors (Lipinski definition) is 2. The van der Waals surface area contributed by atoms with Crippen molar-refractivity contribution in [1.29, 1.82) is 0 Å². The number of rotatable bonds is 6. The Bertz CT molecular complexity index is 757. The third kappa shape index (κ3) is 3.80. The SMILES string of the molecule is Cc1nc(CCNS(=O)(=O)c2cccnc2C(N)=S)no1. The van der Waals surface area contributed by atoms with Crippen LogP contribution in [0.25, 0.3) is 0 Å². The molecule has 0 amide bonds. The van der Waals surface area contributed by atoms with E-state index in [1.807, 2.05) is 0 Å². The van der Waals surface area contributed by atoms with Gasteiger partial charge in [-0.2, -0.15) is 4.98 Å². The summed E-state index contributed by atoms with van der Waals surface area (Å²) in [6, 6.07) is 2.89. The van der Waals surface area contributed by atoms with Gasteiger partial charge < -0.3 is 10.3 Å². The lowest BCUT2D eigenvalue weighted by atomic mass is 10.3. The molecule has 0 fully saturated rings. The highest BCUT2D eigenvalue weighted by molar-refractivity contribution is 7.89. The molecule has 2 rings (SSSR count). The lowest BCUT2D eigenvalue weighted by Gasteiger charge is -2.08. The molecule has 3 N–H and O–H groups in total. The first kappa shape index (κ1) is 15.5. The van der Waals surface area contributed by atoms with Crippen LogP contribution in [0.4, 0.5) is 0 Å². The molecule has 10 heteroatoms. The zero-order chi connectivity index (χ0) is 15.5. The predicted molar refractivity (Wildman–Crippen MR) is 78.1 cm³/mol. The standard InChI is InChI=1S/C11H13N5O3S2/c1-7-15-9(16-19-7)4-6-14-21(17,18)8-3-2-5-13-10(8)11(12)20/h2-3,5,14H,4,6H2,1H3,(H2,12,20). The smallest absolute Gasteiger partial charge is 0.242 e. The fourth-order valence-corrected chi connectivity index (χ4v) is 3.04. The Hall–Kier alpha value is -1.91. The highest BCUT2D eigenvalue weighted by Gasteiger charge is 2.20. The second kappa shape index (κ2) is 6.24. The van der Waals surface area contributed by atoms with Crippen LogP contribution in [0.2, 0.25) is 0 Å². The highest BCUT2D eigenvalue weighted by atomic mass is 32.2. The molecule has 21 heavy (non-hydrogen) atoms. The minimum Gasteiger partial charge on any atom is -0.388 e. The quantitative estimate of drug-likeness (QED) is 0.706. The van der Waals surface area contributed by atoms with Crippen LogP contribution in [0, 0.1) is 6.92 Å². The molecule has 2 aromatic heterocycles. The predicted octanol–water partition coefficient (Wildman–Crippen LogP) is -0.0718. The van der Waals surface area contributed by atoms with Gasteiger partial charge in [0.05, 0.1) is 0 Å². The summed E-state index contributed by atoms with van der Waals surface area (Å²) in [5, 5.41) is 3.68. The summed E-state index contributed by atoms with van der Waals surface area (Å²) in [4.78, 5) is 7.74. The summed E-state index contributed by atoms with van der Waals surface area (Å²) in [5.74, 6) is 0.854. The molecule has 0 aliphatic heterocycles. The number of hydrogen-bond acceptors (Lipinski definition) is 7. The monoisotopic (exact) mass is 327 g/mol. The van der Waals surface area contributed by atoms with Crippen molar-refractivity contribution in [2.45, 2.75) is 18.2 Å². The Kier molecular flexibility index (Phi) is 4.60. The summed E-state index contributed by atoms with van der Waals surface area (Å²) in [6.45, 7) is 1.78. The van der Waals surface area contributed by atoms with Crippen molar-refractivity contribution < 1.29 is 12.9 Å². The Morgan fingerprint density at radius 3 is 2.90 bits per heavy atom. The molecule has 0 unspecified atom stereocenters. The van der Waals surface area contributed by atoms with Crippen molar-refractivity contribution in [2.24, 2.45) is 5.73 Å². The van der Waals surface area contributed by atoms with Crippen molar-refractivity contribution in [3.05, 3.63) is 35.7 Å². The third-order valence-corrected chi connectivity index (χ3v) is 4.19. The minimum atomic E-state index is -3.77. The molecule has 0 aliphatic carbocycles. The summed E-state index contributed by atoms with van der Waals surface area (Å²) >= 11 is 4.80. The van der Waals surface area contributed by atoms with Crippen LogP contribution in [0.5, 0.6) is 0 Å². The van der Waals surface area contributed by atoms with Crippen molar-refractivity contribution in [2.75, 3.05) is 6.54 Å². The number of nitrogens with two attached hydrogens (primary N) is 1. The maximum atomic E-state index is 12.2. The summed E-state index contributed by atoms with van der Waals surface area (Å²) < 4.78 is 31.7. The number of nitrogens with one attached hydrogen (secondary N) is 1. The van der Waals surface area contributed by atoms with E-state index in [2.05, 4.69) is 19.8 Å². The number of sulfonamides is 1. The van der Waals surface area contributed by atoms with E-state index in [1.54, 1.807) is 6.92 Å². The molecular weight excluding hydrogens is 314 g/mol. The maximum absolute atomic E-state index is 12.2. The molecule has 2 heterocycles. The average Bonchev–Trinajstić information content (AvgIpc) is 2.84. The lowest BCUT2D eigenvalue weighted by molar-refractivity contribution is 0.387. The lowest BCUT2D eigenvalue weighted by Crippen LogP contribution is -2.29. The van der Waals surface area contributed by atoms with Gasteiger partial charge in [-0.1, -0.05) is 17.4 Å². The molecular formula is C11H13N5O3S2. The molecule has 0 spiro atoms. The van der Waals surface area contributed by atoms with Crippen molar-refractivity contribution in [3.63, 3.8) is 0 Å². The van der Waals surface area contributed by atoms with Crippen LogP contribution < -0.4 is 10.5 Å². The molecule has 112 valence electrons. The van der Waals surface area contributed by atoms with Crippen molar-refractivity contribution in [1.82, 2.24) is 19.8 Å². The first-order chi connectivity index (χ1) is 9.90. The van der Waals surface area contributed by atoms with E-state index in [0.29, 0.717) is 18.1 Å². The molecule has 8 nitrogen and oxygen atoms in total. The van der Waals surface area contributed by atoms with Gasteiger partial charge in [0, 0.05) is 26.1 Å². The normalized spacial score (nSPS) is 11.5. The number of pyridine rings is 1. The topological polar surface area (TPSA) is 124 Å². The van der Waals surface area contributed by atoms with Gasteiger partial charge in [0.1, 0.15) is 15.6 Å². The van der Waals surface area contributed by atoms with Crippen molar-refractivity contribution >= 4 is 27.2 Å². The molecule has 0 aliphatic rings. The second-order valence-electron chi connectivity index (χ2n) is 4.09. The van der Waals surface area contributed by atoms with E-state index in [-0.39, 0.29) is 22.1 Å². The summed E-state index contributed by atoms with van der Waals surface area (Å²) in [6.07, 6.45) is 1.73. The van der Waals surface area contributed by atoms with E-state index < -0.39 is 10.0 Å². The van der Waals surface area contributed by atoms with Gasteiger partial charge in [-0.25, -0.2) is 13.1 Å². The van der Waals surface area contributed by atoms with E-state index >= 15 is 0 Å². The van der Waals surface area contributed by atoms with E-state index in [0.717, 1.165) is 0 Å².